The van der Waals surface area contributed by atoms with Crippen molar-refractivity contribution in [2.24, 2.45) is 0 Å². The fourth-order valence-corrected chi connectivity index (χ4v) is 1.81. The standard InChI is InChI=1S/C13H15ClN4/c1-3-9-8-11(15-4-2)18-13(17-9)12-10(14)6-5-7-16-12/h5-8H,3-4H2,1-2H3,(H,15,17,18). The lowest BCUT2D eigenvalue weighted by Gasteiger charge is -2.08. The van der Waals surface area contributed by atoms with Gasteiger partial charge in [-0.1, -0.05) is 18.5 Å². The lowest BCUT2D eigenvalue weighted by atomic mass is 10.2. The van der Waals surface area contributed by atoms with E-state index < -0.39 is 0 Å². The fourth-order valence-electron chi connectivity index (χ4n) is 1.61. The third kappa shape index (κ3) is 2.76. The molecule has 2 aromatic heterocycles. The average molecular weight is 263 g/mol. The lowest BCUT2D eigenvalue weighted by molar-refractivity contribution is 0.992. The molecule has 0 bridgehead atoms. The van der Waals surface area contributed by atoms with Crippen molar-refractivity contribution in [3.05, 3.63) is 35.1 Å². The van der Waals surface area contributed by atoms with Crippen molar-refractivity contribution < 1.29 is 0 Å². The van der Waals surface area contributed by atoms with Gasteiger partial charge in [0.1, 0.15) is 11.5 Å². The van der Waals surface area contributed by atoms with Gasteiger partial charge in [-0.3, -0.25) is 4.98 Å². The largest absolute Gasteiger partial charge is 0.370 e. The predicted molar refractivity (Wildman–Crippen MR) is 73.8 cm³/mol. The number of nitrogens with zero attached hydrogens (tertiary/aromatic N) is 3. The third-order valence-corrected chi connectivity index (χ3v) is 2.77. The normalized spacial score (nSPS) is 10.4. The Kier molecular flexibility index (Phi) is 4.10. The third-order valence-electron chi connectivity index (χ3n) is 2.47. The van der Waals surface area contributed by atoms with Crippen molar-refractivity contribution in [3.8, 4) is 11.5 Å². The van der Waals surface area contributed by atoms with Crippen LogP contribution in [0.25, 0.3) is 11.5 Å². The lowest BCUT2D eigenvalue weighted by Crippen LogP contribution is -2.04. The number of pyridine rings is 1. The summed E-state index contributed by atoms with van der Waals surface area (Å²) in [5, 5.41) is 3.75. The maximum absolute atomic E-state index is 6.12. The Morgan fingerprint density at radius 1 is 1.28 bits per heavy atom. The molecule has 0 atom stereocenters. The van der Waals surface area contributed by atoms with Crippen LogP contribution in [0.4, 0.5) is 5.82 Å². The highest BCUT2D eigenvalue weighted by Gasteiger charge is 2.10. The van der Waals surface area contributed by atoms with Gasteiger partial charge >= 0.3 is 0 Å². The summed E-state index contributed by atoms with van der Waals surface area (Å²) in [6.45, 7) is 4.90. The second-order valence-corrected chi connectivity index (χ2v) is 4.19. The fraction of sp³-hybridized carbons (Fsp3) is 0.308. The van der Waals surface area contributed by atoms with Crippen molar-refractivity contribution in [1.82, 2.24) is 15.0 Å². The molecule has 0 unspecified atom stereocenters. The van der Waals surface area contributed by atoms with Crippen molar-refractivity contribution in [2.75, 3.05) is 11.9 Å². The summed E-state index contributed by atoms with van der Waals surface area (Å²) >= 11 is 6.12. The monoisotopic (exact) mass is 262 g/mol. The molecule has 2 heterocycles. The van der Waals surface area contributed by atoms with Gasteiger partial charge in [0, 0.05) is 24.5 Å². The average Bonchev–Trinajstić information content (AvgIpc) is 2.39. The van der Waals surface area contributed by atoms with E-state index in [2.05, 4.69) is 27.2 Å². The van der Waals surface area contributed by atoms with E-state index >= 15 is 0 Å². The van der Waals surface area contributed by atoms with Crippen LogP contribution in [0.15, 0.2) is 24.4 Å². The quantitative estimate of drug-likeness (QED) is 0.919. The van der Waals surface area contributed by atoms with Crippen molar-refractivity contribution >= 4 is 17.4 Å². The number of aromatic nitrogens is 3. The van der Waals surface area contributed by atoms with Gasteiger partial charge in [0.05, 0.1) is 5.02 Å². The molecule has 0 saturated heterocycles. The Labute approximate surface area is 111 Å². The van der Waals surface area contributed by atoms with Crippen LogP contribution in [0.5, 0.6) is 0 Å². The molecule has 0 fully saturated rings. The molecule has 0 saturated carbocycles. The molecular formula is C13H15ClN4. The van der Waals surface area contributed by atoms with E-state index in [0.29, 0.717) is 16.5 Å². The highest BCUT2D eigenvalue weighted by Crippen LogP contribution is 2.23. The van der Waals surface area contributed by atoms with E-state index in [4.69, 9.17) is 11.6 Å². The summed E-state index contributed by atoms with van der Waals surface area (Å²) in [5.41, 5.74) is 1.59. The zero-order chi connectivity index (χ0) is 13.0. The van der Waals surface area contributed by atoms with Gasteiger partial charge < -0.3 is 5.32 Å². The van der Waals surface area contributed by atoms with Crippen LogP contribution in [-0.4, -0.2) is 21.5 Å². The van der Waals surface area contributed by atoms with Crippen molar-refractivity contribution in [2.45, 2.75) is 20.3 Å². The molecule has 0 aliphatic carbocycles. The van der Waals surface area contributed by atoms with Gasteiger partial charge in [-0.2, -0.15) is 0 Å². The summed E-state index contributed by atoms with van der Waals surface area (Å²) < 4.78 is 0. The first-order valence-corrected chi connectivity index (χ1v) is 6.35. The van der Waals surface area contributed by atoms with E-state index in [1.54, 1.807) is 18.3 Å². The summed E-state index contributed by atoms with van der Waals surface area (Å²) in [6.07, 6.45) is 2.54. The maximum atomic E-state index is 6.12. The highest BCUT2D eigenvalue weighted by molar-refractivity contribution is 6.32. The summed E-state index contributed by atoms with van der Waals surface area (Å²) in [4.78, 5) is 13.1. The zero-order valence-corrected chi connectivity index (χ0v) is 11.2. The minimum Gasteiger partial charge on any atom is -0.370 e. The predicted octanol–water partition coefficient (Wildman–Crippen LogP) is 3.19. The molecule has 0 amide bonds. The molecule has 18 heavy (non-hydrogen) atoms. The molecule has 2 rings (SSSR count). The molecule has 94 valence electrons. The first-order chi connectivity index (χ1) is 8.74. The van der Waals surface area contributed by atoms with Crippen LogP contribution in [0, 0.1) is 0 Å². The number of hydrogen-bond acceptors (Lipinski definition) is 4. The van der Waals surface area contributed by atoms with Crippen LogP contribution in [0.2, 0.25) is 5.02 Å². The van der Waals surface area contributed by atoms with Gasteiger partial charge in [0.15, 0.2) is 5.82 Å². The maximum Gasteiger partial charge on any atom is 0.181 e. The number of aryl methyl sites for hydroxylation is 1. The Balaban J connectivity index is 2.50. The summed E-state index contributed by atoms with van der Waals surface area (Å²) in [7, 11) is 0. The Hall–Kier alpha value is -1.68. The van der Waals surface area contributed by atoms with Gasteiger partial charge in [-0.25, -0.2) is 9.97 Å². The van der Waals surface area contributed by atoms with E-state index in [-0.39, 0.29) is 0 Å². The molecule has 0 aromatic carbocycles. The number of halogens is 1. The zero-order valence-electron chi connectivity index (χ0n) is 10.4. The van der Waals surface area contributed by atoms with Gasteiger partial charge in [-0.15, -0.1) is 0 Å². The smallest absolute Gasteiger partial charge is 0.181 e. The summed E-state index contributed by atoms with van der Waals surface area (Å²) in [6, 6.07) is 5.53. The van der Waals surface area contributed by atoms with E-state index in [9.17, 15) is 0 Å². The van der Waals surface area contributed by atoms with Gasteiger partial charge in [-0.05, 0) is 25.5 Å². The number of anilines is 1. The molecule has 0 aliphatic heterocycles. The van der Waals surface area contributed by atoms with Crippen molar-refractivity contribution in [3.63, 3.8) is 0 Å². The second-order valence-electron chi connectivity index (χ2n) is 3.79. The van der Waals surface area contributed by atoms with Crippen LogP contribution in [0.1, 0.15) is 19.5 Å². The molecule has 4 nitrogen and oxygen atoms in total. The molecule has 1 N–H and O–H groups in total. The first-order valence-electron chi connectivity index (χ1n) is 5.97. The highest BCUT2D eigenvalue weighted by atomic mass is 35.5. The number of nitrogens with one attached hydrogen (secondary N) is 1. The van der Waals surface area contributed by atoms with E-state index in [0.717, 1.165) is 24.5 Å². The van der Waals surface area contributed by atoms with Crippen LogP contribution >= 0.6 is 11.6 Å². The summed E-state index contributed by atoms with van der Waals surface area (Å²) in [5.74, 6) is 1.37. The Morgan fingerprint density at radius 3 is 2.78 bits per heavy atom. The first kappa shape index (κ1) is 12.8. The minimum absolute atomic E-state index is 0.563. The van der Waals surface area contributed by atoms with Crippen LogP contribution in [0.3, 0.4) is 0 Å². The van der Waals surface area contributed by atoms with Crippen LogP contribution in [-0.2, 0) is 6.42 Å². The molecular weight excluding hydrogens is 248 g/mol. The van der Waals surface area contributed by atoms with Gasteiger partial charge in [0.2, 0.25) is 0 Å². The number of hydrogen-bond donors (Lipinski definition) is 1. The van der Waals surface area contributed by atoms with Gasteiger partial charge in [0.25, 0.3) is 0 Å². The van der Waals surface area contributed by atoms with Crippen LogP contribution < -0.4 is 5.32 Å². The van der Waals surface area contributed by atoms with E-state index in [1.165, 1.54) is 0 Å². The topological polar surface area (TPSA) is 50.7 Å². The minimum atomic E-state index is 0.563. The molecule has 0 radical (unpaired) electrons. The second kappa shape index (κ2) is 5.78. The number of rotatable bonds is 4. The van der Waals surface area contributed by atoms with Crippen molar-refractivity contribution in [1.29, 1.82) is 0 Å². The molecule has 0 spiro atoms. The SMILES string of the molecule is CCNc1cc(CC)nc(-c2ncccc2Cl)n1. The Morgan fingerprint density at radius 2 is 2.11 bits per heavy atom. The molecule has 0 aliphatic rings. The molecule has 2 aromatic rings. The molecule has 5 heteroatoms. The Bertz CT molecular complexity index is 542. The van der Waals surface area contributed by atoms with E-state index in [1.807, 2.05) is 13.0 Å².